The molecule has 1 aliphatic rings. The maximum Gasteiger partial charge on any atom is 0.227 e. The Hall–Kier alpha value is -1.39. The number of anilines is 1. The standard InChI is InChI=1S/C12H16N2O2/c13-11(8-15)9-3-5-10(6-4-9)14-7-1-2-12(14)16/h3-6,11,15H,1-2,7-8,13H2/t11-/m1/s1. The minimum atomic E-state index is -0.344. The van der Waals surface area contributed by atoms with Crippen LogP contribution in [0, 0.1) is 0 Å². The Labute approximate surface area is 94.7 Å². The van der Waals surface area contributed by atoms with Gasteiger partial charge in [0.15, 0.2) is 0 Å². The van der Waals surface area contributed by atoms with Gasteiger partial charge in [0, 0.05) is 18.7 Å². The fraction of sp³-hybridized carbons (Fsp3) is 0.417. The van der Waals surface area contributed by atoms with Crippen LogP contribution in [0.4, 0.5) is 5.69 Å². The highest BCUT2D eigenvalue weighted by molar-refractivity contribution is 5.95. The number of hydrogen-bond donors (Lipinski definition) is 2. The summed E-state index contributed by atoms with van der Waals surface area (Å²) in [4.78, 5) is 13.3. The van der Waals surface area contributed by atoms with Crippen molar-refractivity contribution >= 4 is 11.6 Å². The molecule has 1 fully saturated rings. The van der Waals surface area contributed by atoms with Crippen LogP contribution in [0.15, 0.2) is 24.3 Å². The summed E-state index contributed by atoms with van der Waals surface area (Å²) in [6.45, 7) is 0.728. The lowest BCUT2D eigenvalue weighted by Crippen LogP contribution is -2.23. The lowest BCUT2D eigenvalue weighted by atomic mass is 10.1. The van der Waals surface area contributed by atoms with Crippen LogP contribution in [0.1, 0.15) is 24.4 Å². The molecule has 1 aliphatic heterocycles. The molecule has 2 rings (SSSR count). The molecule has 4 nitrogen and oxygen atoms in total. The third-order valence-electron chi connectivity index (χ3n) is 2.90. The van der Waals surface area contributed by atoms with Gasteiger partial charge >= 0.3 is 0 Å². The van der Waals surface area contributed by atoms with E-state index in [-0.39, 0.29) is 18.6 Å². The molecular formula is C12H16N2O2. The normalized spacial score (nSPS) is 17.9. The van der Waals surface area contributed by atoms with E-state index >= 15 is 0 Å². The van der Waals surface area contributed by atoms with Crippen LogP contribution in [0.5, 0.6) is 0 Å². The Morgan fingerprint density at radius 1 is 1.38 bits per heavy atom. The SMILES string of the molecule is N[C@H](CO)c1ccc(N2CCCC2=O)cc1. The van der Waals surface area contributed by atoms with Crippen molar-refractivity contribution in [2.45, 2.75) is 18.9 Å². The fourth-order valence-electron chi connectivity index (χ4n) is 1.93. The quantitative estimate of drug-likeness (QED) is 0.792. The third kappa shape index (κ3) is 2.08. The summed E-state index contributed by atoms with van der Waals surface area (Å²) in [7, 11) is 0. The second-order valence-corrected chi connectivity index (χ2v) is 4.03. The molecule has 0 saturated carbocycles. The Kier molecular flexibility index (Phi) is 3.22. The number of nitrogens with zero attached hydrogens (tertiary/aromatic N) is 1. The fourth-order valence-corrected chi connectivity index (χ4v) is 1.93. The summed E-state index contributed by atoms with van der Waals surface area (Å²) in [6.07, 6.45) is 1.56. The second kappa shape index (κ2) is 4.63. The predicted molar refractivity (Wildman–Crippen MR) is 62.0 cm³/mol. The van der Waals surface area contributed by atoms with Crippen LogP contribution in [-0.4, -0.2) is 24.2 Å². The Morgan fingerprint density at radius 2 is 2.06 bits per heavy atom. The minimum Gasteiger partial charge on any atom is -0.394 e. The van der Waals surface area contributed by atoms with Gasteiger partial charge in [0.2, 0.25) is 5.91 Å². The number of nitrogens with two attached hydrogens (primary N) is 1. The van der Waals surface area contributed by atoms with Gasteiger partial charge < -0.3 is 15.7 Å². The van der Waals surface area contributed by atoms with Crippen molar-refractivity contribution in [3.63, 3.8) is 0 Å². The van der Waals surface area contributed by atoms with Crippen molar-refractivity contribution in [1.82, 2.24) is 0 Å². The lowest BCUT2D eigenvalue weighted by Gasteiger charge is -2.16. The molecule has 1 amide bonds. The molecule has 0 radical (unpaired) electrons. The average Bonchev–Trinajstić information content (AvgIpc) is 2.75. The molecule has 1 atom stereocenters. The molecule has 0 aliphatic carbocycles. The molecular weight excluding hydrogens is 204 g/mol. The Morgan fingerprint density at radius 3 is 2.56 bits per heavy atom. The van der Waals surface area contributed by atoms with Crippen LogP contribution in [0.3, 0.4) is 0 Å². The zero-order chi connectivity index (χ0) is 11.5. The molecule has 0 aromatic heterocycles. The van der Waals surface area contributed by atoms with E-state index in [2.05, 4.69) is 0 Å². The van der Waals surface area contributed by atoms with Crippen LogP contribution in [-0.2, 0) is 4.79 Å². The van der Waals surface area contributed by atoms with Crippen molar-refractivity contribution in [3.05, 3.63) is 29.8 Å². The summed E-state index contributed by atoms with van der Waals surface area (Å²) in [6, 6.07) is 7.15. The summed E-state index contributed by atoms with van der Waals surface area (Å²) < 4.78 is 0. The molecule has 0 spiro atoms. The van der Waals surface area contributed by atoms with E-state index in [4.69, 9.17) is 10.8 Å². The van der Waals surface area contributed by atoms with E-state index in [0.29, 0.717) is 6.42 Å². The molecule has 0 unspecified atom stereocenters. The van der Waals surface area contributed by atoms with Crippen LogP contribution in [0.25, 0.3) is 0 Å². The number of benzene rings is 1. The monoisotopic (exact) mass is 220 g/mol. The highest BCUT2D eigenvalue weighted by atomic mass is 16.3. The number of rotatable bonds is 3. The highest BCUT2D eigenvalue weighted by Gasteiger charge is 2.21. The van der Waals surface area contributed by atoms with Crippen LogP contribution in [0.2, 0.25) is 0 Å². The molecule has 86 valence electrons. The topological polar surface area (TPSA) is 66.6 Å². The second-order valence-electron chi connectivity index (χ2n) is 4.03. The lowest BCUT2D eigenvalue weighted by molar-refractivity contribution is -0.117. The van der Waals surface area contributed by atoms with Crippen LogP contribution < -0.4 is 10.6 Å². The van der Waals surface area contributed by atoms with E-state index in [0.717, 1.165) is 24.2 Å². The Bertz CT molecular complexity index is 375. The largest absolute Gasteiger partial charge is 0.394 e. The van der Waals surface area contributed by atoms with E-state index in [1.165, 1.54) is 0 Å². The van der Waals surface area contributed by atoms with Gasteiger partial charge in [0.05, 0.1) is 12.6 Å². The molecule has 4 heteroatoms. The van der Waals surface area contributed by atoms with Gasteiger partial charge in [-0.1, -0.05) is 12.1 Å². The molecule has 0 bridgehead atoms. The maximum absolute atomic E-state index is 11.5. The first-order chi connectivity index (χ1) is 7.72. The van der Waals surface area contributed by atoms with Crippen molar-refractivity contribution < 1.29 is 9.90 Å². The van der Waals surface area contributed by atoms with Gasteiger partial charge in [-0.2, -0.15) is 0 Å². The molecule has 1 saturated heterocycles. The summed E-state index contributed by atoms with van der Waals surface area (Å²) >= 11 is 0. The smallest absolute Gasteiger partial charge is 0.227 e. The molecule has 1 heterocycles. The number of aliphatic hydroxyl groups is 1. The highest BCUT2D eigenvalue weighted by Crippen LogP contribution is 2.22. The first kappa shape index (κ1) is 11.1. The number of carbonyl (C=O) groups is 1. The minimum absolute atomic E-state index is 0.0675. The zero-order valence-electron chi connectivity index (χ0n) is 9.10. The van der Waals surface area contributed by atoms with E-state index in [9.17, 15) is 4.79 Å². The third-order valence-corrected chi connectivity index (χ3v) is 2.90. The van der Waals surface area contributed by atoms with Gasteiger partial charge in [-0.05, 0) is 24.1 Å². The Balaban J connectivity index is 2.15. The van der Waals surface area contributed by atoms with E-state index in [1.807, 2.05) is 24.3 Å². The van der Waals surface area contributed by atoms with Crippen molar-refractivity contribution in [2.75, 3.05) is 18.1 Å². The molecule has 1 aromatic rings. The predicted octanol–water partition coefficient (Wildman–Crippen LogP) is 0.805. The van der Waals surface area contributed by atoms with Gasteiger partial charge in [0.25, 0.3) is 0 Å². The molecule has 1 aromatic carbocycles. The maximum atomic E-state index is 11.5. The van der Waals surface area contributed by atoms with Crippen molar-refractivity contribution in [1.29, 1.82) is 0 Å². The van der Waals surface area contributed by atoms with Gasteiger partial charge in [-0.15, -0.1) is 0 Å². The van der Waals surface area contributed by atoms with Crippen molar-refractivity contribution in [2.24, 2.45) is 5.73 Å². The number of amides is 1. The number of carbonyl (C=O) groups excluding carboxylic acids is 1. The van der Waals surface area contributed by atoms with E-state index in [1.54, 1.807) is 4.90 Å². The van der Waals surface area contributed by atoms with Gasteiger partial charge in [-0.3, -0.25) is 4.79 Å². The molecule has 3 N–H and O–H groups in total. The average molecular weight is 220 g/mol. The van der Waals surface area contributed by atoms with Gasteiger partial charge in [-0.25, -0.2) is 0 Å². The van der Waals surface area contributed by atoms with Crippen LogP contribution >= 0.6 is 0 Å². The number of aliphatic hydroxyl groups excluding tert-OH is 1. The van der Waals surface area contributed by atoms with E-state index < -0.39 is 0 Å². The first-order valence-electron chi connectivity index (χ1n) is 5.49. The van der Waals surface area contributed by atoms with Gasteiger partial charge in [0.1, 0.15) is 0 Å². The summed E-state index contributed by atoms with van der Waals surface area (Å²) in [5.41, 5.74) is 7.49. The first-order valence-corrected chi connectivity index (χ1v) is 5.49. The summed E-state index contributed by atoms with van der Waals surface area (Å²) in [5, 5.41) is 8.92. The van der Waals surface area contributed by atoms with Crippen molar-refractivity contribution in [3.8, 4) is 0 Å². The molecule has 16 heavy (non-hydrogen) atoms. The zero-order valence-corrected chi connectivity index (χ0v) is 9.10. The number of hydrogen-bond acceptors (Lipinski definition) is 3. The summed E-state index contributed by atoms with van der Waals surface area (Å²) in [5.74, 6) is 0.180.